The standard InChI is InChI=1S/C24H17N3O5/c1-14-5-7-15(8-6-14)22-19-10-9-18(12-21(19)32-23(26)20(22)13-25)31-24(28)16-3-2-4-17(11-16)27(29)30/h2-12,22H,26H2,1H3. The van der Waals surface area contributed by atoms with E-state index < -0.39 is 16.8 Å². The van der Waals surface area contributed by atoms with Gasteiger partial charge < -0.3 is 15.2 Å². The predicted octanol–water partition coefficient (Wildman–Crippen LogP) is 4.34. The number of carbonyl (C=O) groups excluding carboxylic acids is 1. The molecule has 1 aliphatic rings. The van der Waals surface area contributed by atoms with Gasteiger partial charge in [0.2, 0.25) is 5.88 Å². The number of carbonyl (C=O) groups is 1. The number of nitro benzene ring substituents is 1. The van der Waals surface area contributed by atoms with Gasteiger partial charge in [-0.1, -0.05) is 42.0 Å². The molecule has 1 aliphatic heterocycles. The molecule has 0 aliphatic carbocycles. The van der Waals surface area contributed by atoms with E-state index in [1.807, 2.05) is 31.2 Å². The molecule has 0 spiro atoms. The number of fused-ring (bicyclic) bond motifs is 1. The van der Waals surface area contributed by atoms with Crippen LogP contribution in [0.5, 0.6) is 11.5 Å². The summed E-state index contributed by atoms with van der Waals surface area (Å²) in [5.41, 5.74) is 8.80. The van der Waals surface area contributed by atoms with E-state index in [2.05, 4.69) is 6.07 Å². The van der Waals surface area contributed by atoms with Crippen LogP contribution in [0.3, 0.4) is 0 Å². The SMILES string of the molecule is Cc1ccc(C2C(C#N)=C(N)Oc3cc(OC(=O)c4cccc([N+](=O)[O-])c4)ccc32)cc1. The Kier molecular flexibility index (Phi) is 5.31. The van der Waals surface area contributed by atoms with E-state index in [1.54, 1.807) is 12.1 Å². The van der Waals surface area contributed by atoms with Crippen LogP contribution in [-0.4, -0.2) is 10.9 Å². The van der Waals surface area contributed by atoms with E-state index in [0.29, 0.717) is 16.9 Å². The number of rotatable bonds is 4. The molecule has 0 saturated heterocycles. The van der Waals surface area contributed by atoms with Gasteiger partial charge in [-0.05, 0) is 24.6 Å². The second kappa shape index (κ2) is 8.24. The fraction of sp³-hybridized carbons (Fsp3) is 0.0833. The van der Waals surface area contributed by atoms with Crippen LogP contribution in [0.1, 0.15) is 33.0 Å². The van der Waals surface area contributed by atoms with Gasteiger partial charge in [-0.25, -0.2) is 4.79 Å². The Hall–Kier alpha value is -4.64. The largest absolute Gasteiger partial charge is 0.440 e. The number of allylic oxidation sites excluding steroid dienone is 1. The molecule has 1 atom stereocenters. The highest BCUT2D eigenvalue weighted by Crippen LogP contribution is 2.43. The molecule has 8 nitrogen and oxygen atoms in total. The summed E-state index contributed by atoms with van der Waals surface area (Å²) in [7, 11) is 0. The smallest absolute Gasteiger partial charge is 0.343 e. The summed E-state index contributed by atoms with van der Waals surface area (Å²) in [5.74, 6) is -0.660. The van der Waals surface area contributed by atoms with Crippen LogP contribution in [0.4, 0.5) is 5.69 Å². The third kappa shape index (κ3) is 3.87. The molecule has 158 valence electrons. The van der Waals surface area contributed by atoms with Gasteiger partial charge in [-0.2, -0.15) is 5.26 Å². The Balaban J connectivity index is 1.67. The summed E-state index contributed by atoms with van der Waals surface area (Å²) in [6.45, 7) is 1.97. The van der Waals surface area contributed by atoms with Crippen LogP contribution in [0, 0.1) is 28.4 Å². The van der Waals surface area contributed by atoms with Gasteiger partial charge in [0, 0.05) is 23.8 Å². The summed E-state index contributed by atoms with van der Waals surface area (Å²) in [5, 5.41) is 20.6. The van der Waals surface area contributed by atoms with Crippen molar-refractivity contribution in [2.45, 2.75) is 12.8 Å². The maximum Gasteiger partial charge on any atom is 0.343 e. The number of benzene rings is 3. The van der Waals surface area contributed by atoms with Crippen LogP contribution in [0.15, 0.2) is 78.2 Å². The second-order valence-corrected chi connectivity index (χ2v) is 7.23. The Morgan fingerprint density at radius 1 is 1.16 bits per heavy atom. The Morgan fingerprint density at radius 3 is 2.59 bits per heavy atom. The molecule has 3 aromatic carbocycles. The van der Waals surface area contributed by atoms with Crippen molar-refractivity contribution in [1.29, 1.82) is 5.26 Å². The summed E-state index contributed by atoms with van der Waals surface area (Å²) < 4.78 is 11.0. The molecule has 0 saturated carbocycles. The van der Waals surface area contributed by atoms with Gasteiger partial charge in [-0.15, -0.1) is 0 Å². The summed E-state index contributed by atoms with van der Waals surface area (Å²) in [6.07, 6.45) is 0. The van der Waals surface area contributed by atoms with E-state index in [-0.39, 0.29) is 22.9 Å². The van der Waals surface area contributed by atoms with Crippen molar-refractivity contribution in [2.24, 2.45) is 5.73 Å². The molecular formula is C24H17N3O5. The number of hydrogen-bond donors (Lipinski definition) is 1. The third-order valence-electron chi connectivity index (χ3n) is 5.10. The van der Waals surface area contributed by atoms with E-state index in [9.17, 15) is 20.2 Å². The van der Waals surface area contributed by atoms with Gasteiger partial charge >= 0.3 is 5.97 Å². The van der Waals surface area contributed by atoms with Gasteiger partial charge in [0.25, 0.3) is 5.69 Å². The number of nitrogens with two attached hydrogens (primary N) is 1. The van der Waals surface area contributed by atoms with Gasteiger partial charge in [0.15, 0.2) is 0 Å². The molecule has 0 amide bonds. The first kappa shape index (κ1) is 20.6. The molecule has 3 aromatic rings. The molecule has 0 fully saturated rings. The summed E-state index contributed by atoms with van der Waals surface area (Å²) in [6, 6.07) is 19.9. The van der Waals surface area contributed by atoms with E-state index in [1.165, 1.54) is 24.3 Å². The lowest BCUT2D eigenvalue weighted by molar-refractivity contribution is -0.384. The molecular weight excluding hydrogens is 410 g/mol. The van der Waals surface area contributed by atoms with Crippen molar-refractivity contribution < 1.29 is 19.2 Å². The minimum absolute atomic E-state index is 0.0206. The zero-order valence-corrected chi connectivity index (χ0v) is 16.9. The van der Waals surface area contributed by atoms with Gasteiger partial charge in [-0.3, -0.25) is 10.1 Å². The summed E-state index contributed by atoms with van der Waals surface area (Å²) in [4.78, 5) is 22.8. The predicted molar refractivity (Wildman–Crippen MR) is 115 cm³/mol. The van der Waals surface area contributed by atoms with Crippen molar-refractivity contribution in [2.75, 3.05) is 0 Å². The molecule has 8 heteroatoms. The molecule has 4 rings (SSSR count). The first-order valence-electron chi connectivity index (χ1n) is 9.62. The third-order valence-corrected chi connectivity index (χ3v) is 5.10. The highest BCUT2D eigenvalue weighted by molar-refractivity contribution is 5.91. The first-order valence-corrected chi connectivity index (χ1v) is 9.62. The highest BCUT2D eigenvalue weighted by atomic mass is 16.6. The molecule has 0 bridgehead atoms. The van der Waals surface area contributed by atoms with Crippen molar-refractivity contribution in [3.63, 3.8) is 0 Å². The highest BCUT2D eigenvalue weighted by Gasteiger charge is 2.31. The van der Waals surface area contributed by atoms with Crippen LogP contribution in [-0.2, 0) is 0 Å². The number of aryl methyl sites for hydroxylation is 1. The number of ether oxygens (including phenoxy) is 2. The number of nitriles is 1. The van der Waals surface area contributed by atoms with E-state index in [0.717, 1.165) is 17.2 Å². The molecule has 1 heterocycles. The second-order valence-electron chi connectivity index (χ2n) is 7.23. The topological polar surface area (TPSA) is 128 Å². The van der Waals surface area contributed by atoms with Crippen LogP contribution >= 0.6 is 0 Å². The van der Waals surface area contributed by atoms with E-state index in [4.69, 9.17) is 15.2 Å². The number of nitrogens with zero attached hydrogens (tertiary/aromatic N) is 2. The monoisotopic (exact) mass is 427 g/mol. The minimum Gasteiger partial charge on any atom is -0.440 e. The molecule has 2 N–H and O–H groups in total. The van der Waals surface area contributed by atoms with Crippen LogP contribution in [0.25, 0.3) is 0 Å². The Bertz CT molecular complexity index is 1310. The van der Waals surface area contributed by atoms with Crippen LogP contribution in [0.2, 0.25) is 0 Å². The molecule has 0 radical (unpaired) electrons. The van der Waals surface area contributed by atoms with Crippen LogP contribution < -0.4 is 15.2 Å². The molecule has 1 unspecified atom stereocenters. The van der Waals surface area contributed by atoms with Crippen molar-refractivity contribution in [1.82, 2.24) is 0 Å². The number of esters is 1. The van der Waals surface area contributed by atoms with Gasteiger partial charge in [0.1, 0.15) is 23.1 Å². The Morgan fingerprint density at radius 2 is 1.91 bits per heavy atom. The number of non-ortho nitro benzene ring substituents is 1. The molecule has 0 aromatic heterocycles. The Labute approximate surface area is 183 Å². The minimum atomic E-state index is -0.749. The normalized spacial score (nSPS) is 14.7. The van der Waals surface area contributed by atoms with E-state index >= 15 is 0 Å². The zero-order chi connectivity index (χ0) is 22.8. The van der Waals surface area contributed by atoms with Crippen molar-refractivity contribution in [3.8, 4) is 17.6 Å². The quantitative estimate of drug-likeness (QED) is 0.284. The number of nitro groups is 1. The average Bonchev–Trinajstić information content (AvgIpc) is 2.78. The average molecular weight is 427 g/mol. The van der Waals surface area contributed by atoms with Gasteiger partial charge in [0.05, 0.1) is 16.4 Å². The number of hydrogen-bond acceptors (Lipinski definition) is 7. The maximum absolute atomic E-state index is 12.5. The fourth-order valence-corrected chi connectivity index (χ4v) is 3.51. The maximum atomic E-state index is 12.5. The summed E-state index contributed by atoms with van der Waals surface area (Å²) >= 11 is 0. The van der Waals surface area contributed by atoms with Crippen molar-refractivity contribution >= 4 is 11.7 Å². The van der Waals surface area contributed by atoms with Crippen molar-refractivity contribution in [3.05, 3.63) is 111 Å². The molecule has 32 heavy (non-hydrogen) atoms. The lowest BCUT2D eigenvalue weighted by Crippen LogP contribution is -2.21. The fourth-order valence-electron chi connectivity index (χ4n) is 3.51. The lowest BCUT2D eigenvalue weighted by Gasteiger charge is -2.26. The zero-order valence-electron chi connectivity index (χ0n) is 16.9. The first-order chi connectivity index (χ1) is 15.4. The lowest BCUT2D eigenvalue weighted by atomic mass is 9.83.